The standard InChI is InChI=1S/C26H38N6O2/c1-4-5-23(8-11-27-19(2)30-18-20-9-14-32(3)15-10-20)28-12-13-29-26(34)21-6-7-24-22(16-21)17-25(33)31-24/h5-8,11,16,20,28H,4,9-10,12-15,17-18H2,1-3H3,(H,27,30)(H,29,34)(H,31,33)/b11-8-,23-5-. The van der Waals surface area contributed by atoms with E-state index >= 15 is 0 Å². The number of allylic oxidation sites excluding steroid dienone is 2. The molecule has 1 aromatic carbocycles. The topological polar surface area (TPSA) is 97.9 Å². The zero-order valence-electron chi connectivity index (χ0n) is 20.6. The Kier molecular flexibility index (Phi) is 9.70. The molecule has 0 atom stereocenters. The molecule has 2 aliphatic heterocycles. The molecule has 1 fully saturated rings. The Labute approximate surface area is 203 Å². The maximum Gasteiger partial charge on any atom is 0.251 e. The number of rotatable bonds is 10. The lowest BCUT2D eigenvalue weighted by molar-refractivity contribution is -0.115. The predicted octanol–water partition coefficient (Wildman–Crippen LogP) is 2.66. The van der Waals surface area contributed by atoms with Gasteiger partial charge in [-0.25, -0.2) is 0 Å². The van der Waals surface area contributed by atoms with E-state index in [0.717, 1.165) is 48.8 Å². The summed E-state index contributed by atoms with van der Waals surface area (Å²) in [4.78, 5) is 31.0. The van der Waals surface area contributed by atoms with Crippen LogP contribution >= 0.6 is 0 Å². The van der Waals surface area contributed by atoms with Crippen LogP contribution < -0.4 is 21.3 Å². The van der Waals surface area contributed by atoms with Gasteiger partial charge >= 0.3 is 0 Å². The number of nitrogens with one attached hydrogen (secondary N) is 4. The lowest BCUT2D eigenvalue weighted by Crippen LogP contribution is -2.31. The summed E-state index contributed by atoms with van der Waals surface area (Å²) >= 11 is 0. The van der Waals surface area contributed by atoms with E-state index in [9.17, 15) is 9.59 Å². The van der Waals surface area contributed by atoms with E-state index in [2.05, 4.69) is 46.2 Å². The van der Waals surface area contributed by atoms with E-state index in [0.29, 0.717) is 31.0 Å². The number of amidine groups is 1. The Morgan fingerprint density at radius 1 is 1.24 bits per heavy atom. The van der Waals surface area contributed by atoms with Crippen LogP contribution in [0.2, 0.25) is 0 Å². The van der Waals surface area contributed by atoms with E-state index in [1.165, 1.54) is 12.8 Å². The second kappa shape index (κ2) is 12.9. The third-order valence-electron chi connectivity index (χ3n) is 6.14. The fourth-order valence-corrected chi connectivity index (χ4v) is 4.08. The lowest BCUT2D eigenvalue weighted by atomic mass is 9.97. The number of likely N-dealkylation sites (tertiary alicyclic amines) is 1. The Hall–Kier alpha value is -3.13. The van der Waals surface area contributed by atoms with Gasteiger partial charge in [0, 0.05) is 42.8 Å². The number of carbonyl (C=O) groups excluding carboxylic acids is 2. The summed E-state index contributed by atoms with van der Waals surface area (Å²) in [5, 5.41) is 12.3. The van der Waals surface area contributed by atoms with Gasteiger partial charge in [0.1, 0.15) is 0 Å². The molecule has 0 saturated carbocycles. The minimum Gasteiger partial charge on any atom is -0.383 e. The molecule has 0 unspecified atom stereocenters. The van der Waals surface area contributed by atoms with Gasteiger partial charge in [0.15, 0.2) is 0 Å². The van der Waals surface area contributed by atoms with Gasteiger partial charge in [-0.1, -0.05) is 13.0 Å². The number of amides is 2. The maximum atomic E-state index is 12.4. The minimum absolute atomic E-state index is 0.0340. The van der Waals surface area contributed by atoms with E-state index in [4.69, 9.17) is 4.99 Å². The third-order valence-corrected chi connectivity index (χ3v) is 6.14. The highest BCUT2D eigenvalue weighted by atomic mass is 16.2. The van der Waals surface area contributed by atoms with Gasteiger partial charge in [-0.2, -0.15) is 0 Å². The minimum atomic E-state index is -0.140. The number of carbonyl (C=O) groups is 2. The van der Waals surface area contributed by atoms with Crippen LogP contribution in [0.15, 0.2) is 47.2 Å². The highest BCUT2D eigenvalue weighted by Crippen LogP contribution is 2.23. The zero-order valence-corrected chi connectivity index (χ0v) is 20.6. The first-order valence-corrected chi connectivity index (χ1v) is 12.2. The fourth-order valence-electron chi connectivity index (χ4n) is 4.08. The second-order valence-electron chi connectivity index (χ2n) is 9.00. The number of hydrogen-bond acceptors (Lipinski definition) is 5. The molecule has 0 aromatic heterocycles. The molecule has 2 aliphatic rings. The predicted molar refractivity (Wildman–Crippen MR) is 138 cm³/mol. The number of aliphatic imine (C=N–C) groups is 1. The normalized spacial score (nSPS) is 17.6. The molecule has 1 aromatic rings. The quantitative estimate of drug-likeness (QED) is 0.184. The van der Waals surface area contributed by atoms with Crippen molar-refractivity contribution in [3.63, 3.8) is 0 Å². The number of piperidine rings is 1. The molecule has 8 heteroatoms. The highest BCUT2D eigenvalue weighted by molar-refractivity contribution is 6.01. The molecule has 4 N–H and O–H groups in total. The molecule has 2 amide bonds. The summed E-state index contributed by atoms with van der Waals surface area (Å²) in [6.45, 7) is 8.39. The van der Waals surface area contributed by atoms with E-state index in [-0.39, 0.29) is 11.8 Å². The van der Waals surface area contributed by atoms with Crippen molar-refractivity contribution in [2.24, 2.45) is 10.9 Å². The maximum absolute atomic E-state index is 12.4. The van der Waals surface area contributed by atoms with Crippen molar-refractivity contribution in [1.82, 2.24) is 20.9 Å². The largest absolute Gasteiger partial charge is 0.383 e. The molecule has 2 heterocycles. The van der Waals surface area contributed by atoms with Gasteiger partial charge in [-0.05, 0) is 82.1 Å². The van der Waals surface area contributed by atoms with Crippen molar-refractivity contribution in [3.05, 3.63) is 53.4 Å². The van der Waals surface area contributed by atoms with Gasteiger partial charge < -0.3 is 26.2 Å². The van der Waals surface area contributed by atoms with Crippen molar-refractivity contribution in [2.45, 2.75) is 39.5 Å². The van der Waals surface area contributed by atoms with Crippen molar-refractivity contribution in [2.75, 3.05) is 45.1 Å². The van der Waals surface area contributed by atoms with Crippen molar-refractivity contribution in [3.8, 4) is 0 Å². The molecular formula is C26H38N6O2. The van der Waals surface area contributed by atoms with Gasteiger partial charge in [0.25, 0.3) is 5.91 Å². The molecule has 0 aliphatic carbocycles. The summed E-state index contributed by atoms with van der Waals surface area (Å²) in [7, 11) is 2.18. The first-order valence-electron chi connectivity index (χ1n) is 12.2. The molecular weight excluding hydrogens is 428 g/mol. The SMILES string of the molecule is CC/C=C(/C=C\NC(C)=NCC1CCN(C)CC1)NCCNC(=O)c1ccc2c(c1)CC(=O)N2. The first-order chi connectivity index (χ1) is 16.4. The van der Waals surface area contributed by atoms with Gasteiger partial charge in [0.2, 0.25) is 5.91 Å². The average Bonchev–Trinajstić information content (AvgIpc) is 3.20. The van der Waals surface area contributed by atoms with Crippen LogP contribution in [0.3, 0.4) is 0 Å². The number of hydrogen-bond donors (Lipinski definition) is 4. The summed E-state index contributed by atoms with van der Waals surface area (Å²) < 4.78 is 0. The van der Waals surface area contributed by atoms with Crippen LogP contribution in [-0.2, 0) is 11.2 Å². The Bertz CT molecular complexity index is 945. The zero-order chi connectivity index (χ0) is 24.3. The summed E-state index contributed by atoms with van der Waals surface area (Å²) in [6, 6.07) is 5.30. The lowest BCUT2D eigenvalue weighted by Gasteiger charge is -2.27. The van der Waals surface area contributed by atoms with Crippen LogP contribution in [0.4, 0.5) is 5.69 Å². The molecule has 0 radical (unpaired) electrons. The van der Waals surface area contributed by atoms with Crippen LogP contribution in [0.1, 0.15) is 49.0 Å². The van der Waals surface area contributed by atoms with Crippen molar-refractivity contribution in [1.29, 1.82) is 0 Å². The monoisotopic (exact) mass is 466 g/mol. The Balaban J connectivity index is 1.37. The molecule has 1 saturated heterocycles. The number of fused-ring (bicyclic) bond motifs is 1. The number of nitrogens with zero attached hydrogens (tertiary/aromatic N) is 2. The van der Waals surface area contributed by atoms with E-state index < -0.39 is 0 Å². The summed E-state index contributed by atoms with van der Waals surface area (Å²) in [5.41, 5.74) is 3.22. The number of anilines is 1. The molecule has 34 heavy (non-hydrogen) atoms. The van der Waals surface area contributed by atoms with Crippen LogP contribution in [0, 0.1) is 5.92 Å². The van der Waals surface area contributed by atoms with Gasteiger partial charge in [0.05, 0.1) is 12.3 Å². The highest BCUT2D eigenvalue weighted by Gasteiger charge is 2.19. The van der Waals surface area contributed by atoms with E-state index in [1.54, 1.807) is 18.2 Å². The molecule has 0 bridgehead atoms. The molecule has 0 spiro atoms. The third kappa shape index (κ3) is 8.02. The van der Waals surface area contributed by atoms with E-state index in [1.807, 2.05) is 19.2 Å². The smallest absolute Gasteiger partial charge is 0.251 e. The van der Waals surface area contributed by atoms with Crippen LogP contribution in [-0.4, -0.2) is 62.3 Å². The van der Waals surface area contributed by atoms with Crippen molar-refractivity contribution < 1.29 is 9.59 Å². The molecule has 8 nitrogen and oxygen atoms in total. The van der Waals surface area contributed by atoms with Gasteiger partial charge in [-0.3, -0.25) is 14.6 Å². The second-order valence-corrected chi connectivity index (χ2v) is 9.00. The van der Waals surface area contributed by atoms with Crippen LogP contribution in [0.25, 0.3) is 0 Å². The summed E-state index contributed by atoms with van der Waals surface area (Å²) in [5.74, 6) is 1.43. The summed E-state index contributed by atoms with van der Waals surface area (Å²) in [6.07, 6.45) is 9.67. The number of benzene rings is 1. The molecule has 3 rings (SSSR count). The average molecular weight is 467 g/mol. The Morgan fingerprint density at radius 2 is 2.00 bits per heavy atom. The first kappa shape index (κ1) is 25.5. The van der Waals surface area contributed by atoms with Crippen molar-refractivity contribution >= 4 is 23.3 Å². The van der Waals surface area contributed by atoms with Crippen LogP contribution in [0.5, 0.6) is 0 Å². The Morgan fingerprint density at radius 3 is 2.76 bits per heavy atom. The van der Waals surface area contributed by atoms with Gasteiger partial charge in [-0.15, -0.1) is 0 Å². The fraction of sp³-hybridized carbons (Fsp3) is 0.500. The molecule has 184 valence electrons.